The van der Waals surface area contributed by atoms with Crippen LogP contribution in [0.2, 0.25) is 0 Å². The zero-order valence-corrected chi connectivity index (χ0v) is 13.2. The first kappa shape index (κ1) is 16.0. The van der Waals surface area contributed by atoms with Crippen LogP contribution < -0.4 is 10.2 Å². The lowest BCUT2D eigenvalue weighted by atomic mass is 10.1. The van der Waals surface area contributed by atoms with Gasteiger partial charge in [0.2, 0.25) is 0 Å². The number of nitrogens with zero attached hydrogens (tertiary/aromatic N) is 2. The summed E-state index contributed by atoms with van der Waals surface area (Å²) < 4.78 is 0. The number of rotatable bonds is 8. The van der Waals surface area contributed by atoms with E-state index in [0.29, 0.717) is 0 Å². The maximum atomic E-state index is 4.75. The van der Waals surface area contributed by atoms with Gasteiger partial charge >= 0.3 is 0 Å². The maximum Gasteiger partial charge on any atom is 0.133 e. The molecule has 19 heavy (non-hydrogen) atoms. The van der Waals surface area contributed by atoms with Gasteiger partial charge in [0.05, 0.1) is 0 Å². The molecule has 0 aliphatic rings. The SMILES string of the molecule is CCCCN(C)c1nc(C)cc(C)c1CNCCC. The lowest BCUT2D eigenvalue weighted by Crippen LogP contribution is -2.24. The first-order chi connectivity index (χ1) is 9.10. The van der Waals surface area contributed by atoms with Crippen molar-refractivity contribution in [2.24, 2.45) is 0 Å². The summed E-state index contributed by atoms with van der Waals surface area (Å²) in [4.78, 5) is 7.05. The first-order valence-corrected chi connectivity index (χ1v) is 7.49. The van der Waals surface area contributed by atoms with E-state index in [4.69, 9.17) is 4.98 Å². The topological polar surface area (TPSA) is 28.2 Å². The van der Waals surface area contributed by atoms with Gasteiger partial charge in [-0.2, -0.15) is 0 Å². The molecular formula is C16H29N3. The molecule has 0 fully saturated rings. The number of hydrogen-bond acceptors (Lipinski definition) is 3. The maximum absolute atomic E-state index is 4.75. The fraction of sp³-hybridized carbons (Fsp3) is 0.688. The van der Waals surface area contributed by atoms with E-state index in [0.717, 1.165) is 31.1 Å². The molecule has 0 amide bonds. The van der Waals surface area contributed by atoms with E-state index < -0.39 is 0 Å². The van der Waals surface area contributed by atoms with Gasteiger partial charge in [-0.15, -0.1) is 0 Å². The Kier molecular flexibility index (Phi) is 6.85. The molecule has 0 aliphatic carbocycles. The van der Waals surface area contributed by atoms with Gasteiger partial charge in [-0.3, -0.25) is 0 Å². The number of anilines is 1. The highest BCUT2D eigenvalue weighted by molar-refractivity contribution is 5.51. The molecule has 0 saturated heterocycles. The highest BCUT2D eigenvalue weighted by Gasteiger charge is 2.12. The molecule has 0 saturated carbocycles. The molecule has 1 aromatic heterocycles. The third kappa shape index (κ3) is 4.83. The van der Waals surface area contributed by atoms with E-state index in [1.54, 1.807) is 0 Å². The Hall–Kier alpha value is -1.09. The molecular weight excluding hydrogens is 234 g/mol. The van der Waals surface area contributed by atoms with Crippen molar-refractivity contribution < 1.29 is 0 Å². The van der Waals surface area contributed by atoms with Crippen molar-refractivity contribution in [1.82, 2.24) is 10.3 Å². The van der Waals surface area contributed by atoms with Gasteiger partial charge in [0.1, 0.15) is 5.82 Å². The largest absolute Gasteiger partial charge is 0.359 e. The van der Waals surface area contributed by atoms with E-state index in [1.807, 2.05) is 0 Å². The average molecular weight is 263 g/mol. The number of nitrogens with one attached hydrogen (secondary N) is 1. The van der Waals surface area contributed by atoms with Crippen molar-refractivity contribution in [2.75, 3.05) is 25.0 Å². The summed E-state index contributed by atoms with van der Waals surface area (Å²) in [5.74, 6) is 1.15. The van der Waals surface area contributed by atoms with Crippen LogP contribution in [0.4, 0.5) is 5.82 Å². The predicted molar refractivity (Wildman–Crippen MR) is 83.9 cm³/mol. The molecule has 0 spiro atoms. The van der Waals surface area contributed by atoms with Crippen molar-refractivity contribution >= 4 is 5.82 Å². The second kappa shape index (κ2) is 8.16. The van der Waals surface area contributed by atoms with Gasteiger partial charge in [0.15, 0.2) is 0 Å². The van der Waals surface area contributed by atoms with Crippen LogP contribution in [-0.2, 0) is 6.54 Å². The molecule has 1 heterocycles. The molecule has 1 N–H and O–H groups in total. The van der Waals surface area contributed by atoms with Gasteiger partial charge in [0.25, 0.3) is 0 Å². The van der Waals surface area contributed by atoms with Crippen LogP contribution in [0, 0.1) is 13.8 Å². The number of aryl methyl sites for hydroxylation is 2. The van der Waals surface area contributed by atoms with Gasteiger partial charge in [-0.25, -0.2) is 4.98 Å². The van der Waals surface area contributed by atoms with Crippen molar-refractivity contribution in [2.45, 2.75) is 53.5 Å². The van der Waals surface area contributed by atoms with E-state index in [2.05, 4.69) is 51.0 Å². The van der Waals surface area contributed by atoms with Crippen LogP contribution in [0.3, 0.4) is 0 Å². The molecule has 0 aliphatic heterocycles. The van der Waals surface area contributed by atoms with E-state index in [1.165, 1.54) is 30.4 Å². The minimum Gasteiger partial charge on any atom is -0.359 e. The lowest BCUT2D eigenvalue weighted by Gasteiger charge is -2.23. The van der Waals surface area contributed by atoms with Crippen molar-refractivity contribution in [3.05, 3.63) is 22.9 Å². The Balaban J connectivity index is 2.91. The summed E-state index contributed by atoms with van der Waals surface area (Å²) in [6.45, 7) is 11.7. The number of hydrogen-bond donors (Lipinski definition) is 1. The predicted octanol–water partition coefficient (Wildman–Crippen LogP) is 3.43. The Morgan fingerprint density at radius 1 is 1.21 bits per heavy atom. The smallest absolute Gasteiger partial charge is 0.133 e. The van der Waals surface area contributed by atoms with Gasteiger partial charge in [-0.1, -0.05) is 20.3 Å². The molecule has 108 valence electrons. The Labute approximate surface area is 118 Å². The van der Waals surface area contributed by atoms with Crippen LogP contribution >= 0.6 is 0 Å². The standard InChI is InChI=1S/C16H29N3/c1-6-8-10-19(5)16-15(12-17-9-7-2)13(3)11-14(4)18-16/h11,17H,6-10,12H2,1-5H3. The van der Waals surface area contributed by atoms with Crippen molar-refractivity contribution in [3.63, 3.8) is 0 Å². The molecule has 0 unspecified atom stereocenters. The Morgan fingerprint density at radius 2 is 1.95 bits per heavy atom. The molecule has 0 bridgehead atoms. The normalized spacial score (nSPS) is 10.8. The fourth-order valence-corrected chi connectivity index (χ4v) is 2.27. The third-order valence-corrected chi connectivity index (χ3v) is 3.39. The molecule has 3 heteroatoms. The number of pyridine rings is 1. The second-order valence-corrected chi connectivity index (χ2v) is 5.33. The zero-order valence-electron chi connectivity index (χ0n) is 13.2. The van der Waals surface area contributed by atoms with Crippen LogP contribution in [-0.4, -0.2) is 25.1 Å². The van der Waals surface area contributed by atoms with Crippen molar-refractivity contribution in [1.29, 1.82) is 0 Å². The summed E-state index contributed by atoms with van der Waals surface area (Å²) in [6, 6.07) is 2.18. The summed E-state index contributed by atoms with van der Waals surface area (Å²) in [7, 11) is 2.15. The summed E-state index contributed by atoms with van der Waals surface area (Å²) >= 11 is 0. The van der Waals surface area contributed by atoms with Gasteiger partial charge in [0, 0.05) is 31.4 Å². The number of unbranched alkanes of at least 4 members (excludes halogenated alkanes) is 1. The molecule has 1 aromatic rings. The van der Waals surface area contributed by atoms with Crippen LogP contribution in [0.15, 0.2) is 6.07 Å². The quantitative estimate of drug-likeness (QED) is 0.728. The fourth-order valence-electron chi connectivity index (χ4n) is 2.27. The van der Waals surface area contributed by atoms with Crippen LogP contribution in [0.1, 0.15) is 49.9 Å². The van der Waals surface area contributed by atoms with E-state index >= 15 is 0 Å². The summed E-state index contributed by atoms with van der Waals surface area (Å²) in [5, 5.41) is 3.50. The second-order valence-electron chi connectivity index (χ2n) is 5.33. The van der Waals surface area contributed by atoms with Gasteiger partial charge < -0.3 is 10.2 Å². The number of aromatic nitrogens is 1. The third-order valence-electron chi connectivity index (χ3n) is 3.39. The highest BCUT2D eigenvalue weighted by atomic mass is 15.2. The molecule has 3 nitrogen and oxygen atoms in total. The molecule has 0 atom stereocenters. The van der Waals surface area contributed by atoms with E-state index in [-0.39, 0.29) is 0 Å². The first-order valence-electron chi connectivity index (χ1n) is 7.49. The molecule has 0 aromatic carbocycles. The van der Waals surface area contributed by atoms with E-state index in [9.17, 15) is 0 Å². The molecule has 0 radical (unpaired) electrons. The van der Waals surface area contributed by atoms with Gasteiger partial charge in [-0.05, 0) is 44.9 Å². The van der Waals surface area contributed by atoms with Crippen LogP contribution in [0.25, 0.3) is 0 Å². The monoisotopic (exact) mass is 263 g/mol. The average Bonchev–Trinajstić information content (AvgIpc) is 2.38. The molecule has 1 rings (SSSR count). The summed E-state index contributed by atoms with van der Waals surface area (Å²) in [6.07, 6.45) is 3.60. The minimum absolute atomic E-state index is 0.915. The van der Waals surface area contributed by atoms with Crippen LogP contribution in [0.5, 0.6) is 0 Å². The lowest BCUT2D eigenvalue weighted by molar-refractivity contribution is 0.666. The highest BCUT2D eigenvalue weighted by Crippen LogP contribution is 2.22. The minimum atomic E-state index is 0.915. The zero-order chi connectivity index (χ0) is 14.3. The van der Waals surface area contributed by atoms with Crippen molar-refractivity contribution in [3.8, 4) is 0 Å². The summed E-state index contributed by atoms with van der Waals surface area (Å²) in [5.41, 5.74) is 3.79. The Bertz CT molecular complexity index is 388. The Morgan fingerprint density at radius 3 is 2.58 bits per heavy atom.